The van der Waals surface area contributed by atoms with Crippen molar-refractivity contribution in [3.8, 4) is 5.75 Å². The predicted octanol–water partition coefficient (Wildman–Crippen LogP) is 4.00. The van der Waals surface area contributed by atoms with Gasteiger partial charge in [-0.25, -0.2) is 0 Å². The number of nitrogens with zero attached hydrogens (tertiary/aromatic N) is 1. The molecule has 0 atom stereocenters. The molecule has 6 nitrogen and oxygen atoms in total. The van der Waals surface area contributed by atoms with Crippen LogP contribution in [0.25, 0.3) is 0 Å². The SMILES string of the molecule is CCCCN1C(=O)c2ccc(C(=O)Nc3cc(Cl)ccc3OC)cc2C1=O. The fraction of sp³-hybridized carbons (Fsp3) is 0.250. The van der Waals surface area contributed by atoms with Crippen molar-refractivity contribution in [3.63, 3.8) is 0 Å². The van der Waals surface area contributed by atoms with E-state index in [1.54, 1.807) is 18.2 Å². The number of methoxy groups -OCH3 is 1. The van der Waals surface area contributed by atoms with Crippen molar-refractivity contribution >= 4 is 35.0 Å². The molecule has 1 heterocycles. The number of carbonyl (C=O) groups excluding carboxylic acids is 3. The molecule has 1 aliphatic rings. The topological polar surface area (TPSA) is 75.7 Å². The molecule has 3 rings (SSSR count). The van der Waals surface area contributed by atoms with Crippen molar-refractivity contribution < 1.29 is 19.1 Å². The fourth-order valence-corrected chi connectivity index (χ4v) is 3.10. The summed E-state index contributed by atoms with van der Waals surface area (Å²) in [6.45, 7) is 2.37. The number of imide groups is 1. The van der Waals surface area contributed by atoms with E-state index in [2.05, 4.69) is 5.32 Å². The van der Waals surface area contributed by atoms with E-state index in [-0.39, 0.29) is 22.9 Å². The van der Waals surface area contributed by atoms with Crippen LogP contribution in [0, 0.1) is 0 Å². The van der Waals surface area contributed by atoms with Gasteiger partial charge in [0, 0.05) is 17.1 Å². The second kappa shape index (κ2) is 7.80. The Morgan fingerprint density at radius 1 is 1.11 bits per heavy atom. The van der Waals surface area contributed by atoms with Gasteiger partial charge in [0.1, 0.15) is 5.75 Å². The third-order valence-corrected chi connectivity index (χ3v) is 4.61. The summed E-state index contributed by atoms with van der Waals surface area (Å²) in [5.41, 5.74) is 1.27. The molecule has 140 valence electrons. The molecule has 2 aromatic rings. The summed E-state index contributed by atoms with van der Waals surface area (Å²) in [6.07, 6.45) is 1.62. The van der Waals surface area contributed by atoms with Crippen LogP contribution in [-0.4, -0.2) is 36.3 Å². The number of rotatable bonds is 6. The third-order valence-electron chi connectivity index (χ3n) is 4.38. The number of benzene rings is 2. The van der Waals surface area contributed by atoms with E-state index in [0.717, 1.165) is 12.8 Å². The molecule has 0 saturated carbocycles. The minimum Gasteiger partial charge on any atom is -0.495 e. The van der Waals surface area contributed by atoms with Crippen LogP contribution in [0.2, 0.25) is 5.02 Å². The van der Waals surface area contributed by atoms with Gasteiger partial charge in [0.05, 0.1) is 23.9 Å². The summed E-state index contributed by atoms with van der Waals surface area (Å²) < 4.78 is 5.21. The van der Waals surface area contributed by atoms with Crippen LogP contribution in [0.1, 0.15) is 50.8 Å². The highest BCUT2D eigenvalue weighted by molar-refractivity contribution is 6.31. The van der Waals surface area contributed by atoms with Gasteiger partial charge in [-0.15, -0.1) is 0 Å². The van der Waals surface area contributed by atoms with E-state index in [9.17, 15) is 14.4 Å². The van der Waals surface area contributed by atoms with Crippen molar-refractivity contribution in [2.24, 2.45) is 0 Å². The average Bonchev–Trinajstić information content (AvgIpc) is 2.90. The second-order valence-electron chi connectivity index (χ2n) is 6.17. The van der Waals surface area contributed by atoms with Crippen LogP contribution in [-0.2, 0) is 0 Å². The number of hydrogen-bond donors (Lipinski definition) is 1. The Labute approximate surface area is 162 Å². The Morgan fingerprint density at radius 2 is 1.85 bits per heavy atom. The fourth-order valence-electron chi connectivity index (χ4n) is 2.92. The summed E-state index contributed by atoms with van der Waals surface area (Å²) >= 11 is 5.98. The number of unbranched alkanes of at least 4 members (excludes halogenated alkanes) is 1. The first kappa shape index (κ1) is 18.9. The minimum atomic E-state index is -0.425. The monoisotopic (exact) mass is 386 g/mol. The molecule has 0 aromatic heterocycles. The first-order valence-electron chi connectivity index (χ1n) is 8.61. The minimum absolute atomic E-state index is 0.252. The molecule has 0 bridgehead atoms. The van der Waals surface area contributed by atoms with Crippen molar-refractivity contribution in [1.82, 2.24) is 4.90 Å². The molecule has 2 aromatic carbocycles. The zero-order chi connectivity index (χ0) is 19.6. The molecule has 3 amide bonds. The summed E-state index contributed by atoms with van der Waals surface area (Å²) in [6, 6.07) is 9.38. The maximum atomic E-state index is 12.6. The van der Waals surface area contributed by atoms with E-state index in [1.807, 2.05) is 6.92 Å². The number of carbonyl (C=O) groups is 3. The third kappa shape index (κ3) is 3.66. The lowest BCUT2D eigenvalue weighted by molar-refractivity contribution is 0.0652. The van der Waals surface area contributed by atoms with E-state index >= 15 is 0 Å². The number of fused-ring (bicyclic) bond motifs is 1. The normalized spacial score (nSPS) is 12.9. The van der Waals surface area contributed by atoms with Gasteiger partial charge in [-0.05, 0) is 42.8 Å². The van der Waals surface area contributed by atoms with Gasteiger partial charge < -0.3 is 10.1 Å². The number of amides is 3. The van der Waals surface area contributed by atoms with Crippen LogP contribution >= 0.6 is 11.6 Å². The van der Waals surface area contributed by atoms with Gasteiger partial charge in [0.25, 0.3) is 17.7 Å². The highest BCUT2D eigenvalue weighted by Crippen LogP contribution is 2.29. The van der Waals surface area contributed by atoms with Gasteiger partial charge in [-0.1, -0.05) is 24.9 Å². The smallest absolute Gasteiger partial charge is 0.261 e. The largest absolute Gasteiger partial charge is 0.495 e. The van der Waals surface area contributed by atoms with Crippen LogP contribution in [0.5, 0.6) is 5.75 Å². The molecule has 0 spiro atoms. The van der Waals surface area contributed by atoms with Gasteiger partial charge in [0.2, 0.25) is 0 Å². The van der Waals surface area contributed by atoms with Crippen LogP contribution in [0.4, 0.5) is 5.69 Å². The quantitative estimate of drug-likeness (QED) is 0.761. The summed E-state index contributed by atoms with van der Waals surface area (Å²) in [4.78, 5) is 38.8. The average molecular weight is 387 g/mol. The number of anilines is 1. The summed E-state index contributed by atoms with van der Waals surface area (Å²) in [5.74, 6) is -0.637. The highest BCUT2D eigenvalue weighted by atomic mass is 35.5. The summed E-state index contributed by atoms with van der Waals surface area (Å²) in [7, 11) is 1.49. The Bertz CT molecular complexity index is 926. The van der Waals surface area contributed by atoms with Crippen LogP contribution in [0.3, 0.4) is 0 Å². The zero-order valence-corrected chi connectivity index (χ0v) is 15.8. The molecule has 0 radical (unpaired) electrons. The second-order valence-corrected chi connectivity index (χ2v) is 6.61. The summed E-state index contributed by atoms with van der Waals surface area (Å²) in [5, 5.41) is 3.17. The van der Waals surface area contributed by atoms with Gasteiger partial charge in [-0.3, -0.25) is 19.3 Å². The molecular formula is C20H19ClN2O4. The maximum Gasteiger partial charge on any atom is 0.261 e. The Hall–Kier alpha value is -2.86. The number of hydrogen-bond acceptors (Lipinski definition) is 4. The Morgan fingerprint density at radius 3 is 2.56 bits per heavy atom. The van der Waals surface area contributed by atoms with Crippen molar-refractivity contribution in [2.75, 3.05) is 19.0 Å². The molecule has 1 N–H and O–H groups in total. The molecule has 0 fully saturated rings. The molecule has 1 aliphatic heterocycles. The number of halogens is 1. The van der Waals surface area contributed by atoms with Crippen molar-refractivity contribution in [2.45, 2.75) is 19.8 Å². The van der Waals surface area contributed by atoms with Gasteiger partial charge in [0.15, 0.2) is 0 Å². The molecular weight excluding hydrogens is 368 g/mol. The van der Waals surface area contributed by atoms with Gasteiger partial charge in [-0.2, -0.15) is 0 Å². The predicted molar refractivity (Wildman–Crippen MR) is 103 cm³/mol. The van der Waals surface area contributed by atoms with Gasteiger partial charge >= 0.3 is 0 Å². The van der Waals surface area contributed by atoms with E-state index in [1.165, 1.54) is 30.2 Å². The lowest BCUT2D eigenvalue weighted by atomic mass is 10.1. The lowest BCUT2D eigenvalue weighted by Gasteiger charge is -2.12. The molecule has 0 aliphatic carbocycles. The van der Waals surface area contributed by atoms with E-state index in [0.29, 0.717) is 28.6 Å². The highest BCUT2D eigenvalue weighted by Gasteiger charge is 2.35. The first-order chi connectivity index (χ1) is 13.0. The molecule has 0 unspecified atom stereocenters. The number of nitrogens with one attached hydrogen (secondary N) is 1. The standard InChI is InChI=1S/C20H19ClN2O4/c1-3-4-9-23-19(25)14-7-5-12(10-15(14)20(23)26)18(24)22-16-11-13(21)6-8-17(16)27-2/h5-8,10-11H,3-4,9H2,1-2H3,(H,22,24). The van der Waals surface area contributed by atoms with Crippen molar-refractivity contribution in [1.29, 1.82) is 0 Å². The Balaban J connectivity index is 1.85. The van der Waals surface area contributed by atoms with Crippen LogP contribution in [0.15, 0.2) is 36.4 Å². The Kier molecular flexibility index (Phi) is 5.46. The lowest BCUT2D eigenvalue weighted by Crippen LogP contribution is -2.30. The first-order valence-corrected chi connectivity index (χ1v) is 8.99. The van der Waals surface area contributed by atoms with Crippen LogP contribution < -0.4 is 10.1 Å². The van der Waals surface area contributed by atoms with Crippen molar-refractivity contribution in [3.05, 3.63) is 58.1 Å². The van der Waals surface area contributed by atoms with E-state index in [4.69, 9.17) is 16.3 Å². The van der Waals surface area contributed by atoms with E-state index < -0.39 is 5.91 Å². The number of ether oxygens (including phenoxy) is 1. The maximum absolute atomic E-state index is 12.6. The molecule has 7 heteroatoms. The molecule has 0 saturated heterocycles. The zero-order valence-electron chi connectivity index (χ0n) is 15.0. The molecule has 27 heavy (non-hydrogen) atoms.